The van der Waals surface area contributed by atoms with E-state index in [0.29, 0.717) is 32.4 Å². The minimum atomic E-state index is -0.408. The molecule has 1 atom stereocenters. The average molecular weight is 245 g/mol. The van der Waals surface area contributed by atoms with E-state index >= 15 is 0 Å². The van der Waals surface area contributed by atoms with Crippen molar-refractivity contribution in [2.45, 2.75) is 57.8 Å². The molecular formula is C13H27NO3. The van der Waals surface area contributed by atoms with Crippen LogP contribution in [-0.4, -0.2) is 49.7 Å². The van der Waals surface area contributed by atoms with Gasteiger partial charge in [0.05, 0.1) is 32.0 Å². The zero-order chi connectivity index (χ0) is 12.5. The fraction of sp³-hybridized carbons (Fsp3) is 1.00. The molecule has 0 aliphatic heterocycles. The van der Waals surface area contributed by atoms with Gasteiger partial charge in [-0.05, 0) is 26.7 Å². The van der Waals surface area contributed by atoms with Crippen LogP contribution in [0.1, 0.15) is 39.5 Å². The second-order valence-corrected chi connectivity index (χ2v) is 5.04. The van der Waals surface area contributed by atoms with Crippen molar-refractivity contribution in [3.63, 3.8) is 0 Å². The molecule has 0 saturated heterocycles. The molecule has 1 aliphatic carbocycles. The first kappa shape index (κ1) is 14.9. The molecule has 102 valence electrons. The lowest BCUT2D eigenvalue weighted by Crippen LogP contribution is -2.36. The van der Waals surface area contributed by atoms with E-state index in [1.165, 1.54) is 25.7 Å². The van der Waals surface area contributed by atoms with E-state index < -0.39 is 6.10 Å². The quantitative estimate of drug-likeness (QED) is 0.602. The van der Waals surface area contributed by atoms with E-state index in [4.69, 9.17) is 9.47 Å². The first-order chi connectivity index (χ1) is 8.18. The fourth-order valence-corrected chi connectivity index (χ4v) is 2.05. The van der Waals surface area contributed by atoms with Gasteiger partial charge in [0.1, 0.15) is 0 Å². The number of nitrogens with one attached hydrogen (secondary N) is 1. The second-order valence-electron chi connectivity index (χ2n) is 5.04. The predicted octanol–water partition coefficient (Wildman–Crippen LogP) is 1.32. The third-order valence-electron chi connectivity index (χ3n) is 2.99. The van der Waals surface area contributed by atoms with Crippen molar-refractivity contribution in [2.75, 3.05) is 26.4 Å². The van der Waals surface area contributed by atoms with Gasteiger partial charge in [-0.1, -0.05) is 12.8 Å². The lowest BCUT2D eigenvalue weighted by atomic mass is 10.2. The topological polar surface area (TPSA) is 50.7 Å². The predicted molar refractivity (Wildman–Crippen MR) is 68.2 cm³/mol. The van der Waals surface area contributed by atoms with E-state index in [9.17, 15) is 5.11 Å². The molecule has 0 radical (unpaired) electrons. The molecule has 1 unspecified atom stereocenters. The summed E-state index contributed by atoms with van der Waals surface area (Å²) in [5.74, 6) is 0. The first-order valence-electron chi connectivity index (χ1n) is 6.79. The third kappa shape index (κ3) is 7.71. The summed E-state index contributed by atoms with van der Waals surface area (Å²) in [5.41, 5.74) is 0. The van der Waals surface area contributed by atoms with Gasteiger partial charge in [0.25, 0.3) is 0 Å². The van der Waals surface area contributed by atoms with Crippen LogP contribution in [0.2, 0.25) is 0 Å². The van der Waals surface area contributed by atoms with Gasteiger partial charge >= 0.3 is 0 Å². The molecule has 1 fully saturated rings. The zero-order valence-corrected chi connectivity index (χ0v) is 11.2. The molecule has 0 bridgehead atoms. The minimum absolute atomic E-state index is 0.243. The van der Waals surface area contributed by atoms with Crippen molar-refractivity contribution in [1.82, 2.24) is 5.32 Å². The molecule has 1 aliphatic rings. The molecule has 0 aromatic carbocycles. The minimum Gasteiger partial charge on any atom is -0.389 e. The Labute approximate surface area is 105 Å². The van der Waals surface area contributed by atoms with Crippen molar-refractivity contribution in [1.29, 1.82) is 0 Å². The molecule has 17 heavy (non-hydrogen) atoms. The van der Waals surface area contributed by atoms with Crippen LogP contribution >= 0.6 is 0 Å². The van der Waals surface area contributed by atoms with Gasteiger partial charge in [0.2, 0.25) is 0 Å². The molecule has 0 amide bonds. The van der Waals surface area contributed by atoms with Crippen molar-refractivity contribution in [3.05, 3.63) is 0 Å². The molecule has 4 heteroatoms. The number of ether oxygens (including phenoxy) is 2. The number of rotatable bonds is 9. The number of aliphatic hydroxyl groups excluding tert-OH is 1. The van der Waals surface area contributed by atoms with Crippen molar-refractivity contribution < 1.29 is 14.6 Å². The summed E-state index contributed by atoms with van der Waals surface area (Å²) in [6, 6.07) is 0.605. The van der Waals surface area contributed by atoms with Crippen LogP contribution in [0.25, 0.3) is 0 Å². The summed E-state index contributed by atoms with van der Waals surface area (Å²) in [6.45, 7) is 6.18. The second kappa shape index (κ2) is 8.86. The van der Waals surface area contributed by atoms with Crippen LogP contribution in [0, 0.1) is 0 Å². The Kier molecular flexibility index (Phi) is 7.77. The Bertz CT molecular complexity index is 182. The van der Waals surface area contributed by atoms with Gasteiger partial charge in [-0.2, -0.15) is 0 Å². The van der Waals surface area contributed by atoms with E-state index in [0.717, 1.165) is 0 Å². The maximum atomic E-state index is 9.69. The van der Waals surface area contributed by atoms with E-state index in [-0.39, 0.29) is 6.10 Å². The summed E-state index contributed by atoms with van der Waals surface area (Å²) in [6.07, 6.45) is 4.96. The van der Waals surface area contributed by atoms with E-state index in [1.807, 2.05) is 13.8 Å². The van der Waals surface area contributed by atoms with Crippen LogP contribution in [0.15, 0.2) is 0 Å². The lowest BCUT2D eigenvalue weighted by Gasteiger charge is -2.16. The van der Waals surface area contributed by atoms with Gasteiger partial charge in [-0.3, -0.25) is 0 Å². The molecule has 2 N–H and O–H groups in total. The van der Waals surface area contributed by atoms with Crippen LogP contribution in [0.3, 0.4) is 0 Å². The van der Waals surface area contributed by atoms with Crippen molar-refractivity contribution in [2.24, 2.45) is 0 Å². The summed E-state index contributed by atoms with van der Waals surface area (Å²) < 4.78 is 10.7. The first-order valence-corrected chi connectivity index (χ1v) is 6.79. The Balaban J connectivity index is 1.88. The normalized spacial score (nSPS) is 19.1. The number of hydrogen-bond acceptors (Lipinski definition) is 4. The molecule has 0 heterocycles. The molecule has 4 nitrogen and oxygen atoms in total. The van der Waals surface area contributed by atoms with Gasteiger partial charge in [0, 0.05) is 12.6 Å². The molecule has 0 aromatic heterocycles. The highest BCUT2D eigenvalue weighted by molar-refractivity contribution is 4.74. The van der Waals surface area contributed by atoms with Crippen molar-refractivity contribution >= 4 is 0 Å². The summed E-state index contributed by atoms with van der Waals surface area (Å²) in [4.78, 5) is 0. The molecule has 1 saturated carbocycles. The summed E-state index contributed by atoms with van der Waals surface area (Å²) >= 11 is 0. The number of hydrogen-bond donors (Lipinski definition) is 2. The maximum Gasteiger partial charge on any atom is 0.0897 e. The summed E-state index contributed by atoms with van der Waals surface area (Å²) in [7, 11) is 0. The molecule has 1 rings (SSSR count). The molecule has 0 spiro atoms. The van der Waals surface area contributed by atoms with Gasteiger partial charge in [0.15, 0.2) is 0 Å². The smallest absolute Gasteiger partial charge is 0.0897 e. The highest BCUT2D eigenvalue weighted by Crippen LogP contribution is 2.17. The standard InChI is InChI=1S/C13H27NO3/c1-11(2)17-8-7-16-10-13(15)9-14-12-5-3-4-6-12/h11-15H,3-10H2,1-2H3. The molecule has 0 aromatic rings. The lowest BCUT2D eigenvalue weighted by molar-refractivity contribution is -0.0104. The van der Waals surface area contributed by atoms with Crippen LogP contribution < -0.4 is 5.32 Å². The largest absolute Gasteiger partial charge is 0.389 e. The van der Waals surface area contributed by atoms with Gasteiger partial charge in [-0.15, -0.1) is 0 Å². The van der Waals surface area contributed by atoms with Crippen molar-refractivity contribution in [3.8, 4) is 0 Å². The Morgan fingerprint density at radius 3 is 2.59 bits per heavy atom. The highest BCUT2D eigenvalue weighted by Gasteiger charge is 2.15. The third-order valence-corrected chi connectivity index (χ3v) is 2.99. The SMILES string of the molecule is CC(C)OCCOCC(O)CNC1CCCC1. The maximum absolute atomic E-state index is 9.69. The molecular weight excluding hydrogens is 218 g/mol. The average Bonchev–Trinajstić information content (AvgIpc) is 2.78. The highest BCUT2D eigenvalue weighted by atomic mass is 16.5. The van der Waals surface area contributed by atoms with Gasteiger partial charge in [-0.25, -0.2) is 0 Å². The van der Waals surface area contributed by atoms with Crippen LogP contribution in [0.4, 0.5) is 0 Å². The van der Waals surface area contributed by atoms with E-state index in [1.54, 1.807) is 0 Å². The zero-order valence-electron chi connectivity index (χ0n) is 11.2. The van der Waals surface area contributed by atoms with Crippen LogP contribution in [0.5, 0.6) is 0 Å². The summed E-state index contributed by atoms with van der Waals surface area (Å²) in [5, 5.41) is 13.1. The Hall–Kier alpha value is -0.160. The van der Waals surface area contributed by atoms with Gasteiger partial charge < -0.3 is 19.9 Å². The number of aliphatic hydroxyl groups is 1. The fourth-order valence-electron chi connectivity index (χ4n) is 2.05. The Morgan fingerprint density at radius 2 is 1.94 bits per heavy atom. The van der Waals surface area contributed by atoms with Crippen LogP contribution in [-0.2, 0) is 9.47 Å². The Morgan fingerprint density at radius 1 is 1.24 bits per heavy atom. The monoisotopic (exact) mass is 245 g/mol. The van der Waals surface area contributed by atoms with E-state index in [2.05, 4.69) is 5.32 Å².